The van der Waals surface area contributed by atoms with E-state index in [0.717, 1.165) is 23.9 Å². The van der Waals surface area contributed by atoms with Crippen LogP contribution in [0.1, 0.15) is 35.2 Å². The zero-order chi connectivity index (χ0) is 13.2. The second-order valence-electron chi connectivity index (χ2n) is 5.10. The van der Waals surface area contributed by atoms with Crippen molar-refractivity contribution in [3.8, 4) is 0 Å². The second-order valence-corrected chi connectivity index (χ2v) is 6.31. The van der Waals surface area contributed by atoms with Crippen molar-refractivity contribution in [2.75, 3.05) is 11.9 Å². The number of halogens is 2. The van der Waals surface area contributed by atoms with Crippen LogP contribution in [0.2, 0.25) is 5.02 Å². The van der Waals surface area contributed by atoms with Gasteiger partial charge in [0, 0.05) is 11.9 Å². The molecule has 0 spiro atoms. The Morgan fingerprint density at radius 3 is 2.78 bits per heavy atom. The normalized spacial score (nSPS) is 16.4. The van der Waals surface area contributed by atoms with Gasteiger partial charge in [0.05, 0.1) is 10.6 Å². The molecule has 2 nitrogen and oxygen atoms in total. The summed E-state index contributed by atoms with van der Waals surface area (Å²) in [6.45, 7) is 2.71. The van der Waals surface area contributed by atoms with Crippen molar-refractivity contribution in [2.45, 2.75) is 26.2 Å². The molecule has 1 aromatic rings. The first-order valence-corrected chi connectivity index (χ1v) is 7.67. The first-order chi connectivity index (χ1) is 8.56. The SMILES string of the molecule is Cc1ccc(C(=O)NCC2(CCBr)CC2)c(Cl)c1. The molecule has 1 saturated carbocycles. The van der Waals surface area contributed by atoms with E-state index in [9.17, 15) is 4.79 Å². The van der Waals surface area contributed by atoms with E-state index in [1.165, 1.54) is 12.8 Å². The van der Waals surface area contributed by atoms with Gasteiger partial charge in [0.25, 0.3) is 5.91 Å². The van der Waals surface area contributed by atoms with Crippen molar-refractivity contribution in [3.63, 3.8) is 0 Å². The van der Waals surface area contributed by atoms with Gasteiger partial charge in [-0.05, 0) is 49.3 Å². The molecule has 0 radical (unpaired) electrons. The van der Waals surface area contributed by atoms with Crippen LogP contribution in [0.15, 0.2) is 18.2 Å². The topological polar surface area (TPSA) is 29.1 Å². The highest BCUT2D eigenvalue weighted by Gasteiger charge is 2.41. The molecule has 1 aromatic carbocycles. The van der Waals surface area contributed by atoms with E-state index in [4.69, 9.17) is 11.6 Å². The van der Waals surface area contributed by atoms with Gasteiger partial charge >= 0.3 is 0 Å². The van der Waals surface area contributed by atoms with Gasteiger partial charge in [0.1, 0.15) is 0 Å². The van der Waals surface area contributed by atoms with Gasteiger partial charge in [-0.3, -0.25) is 4.79 Å². The maximum absolute atomic E-state index is 12.0. The lowest BCUT2D eigenvalue weighted by Gasteiger charge is -2.15. The average molecular weight is 331 g/mol. The molecule has 0 aromatic heterocycles. The van der Waals surface area contributed by atoms with E-state index in [1.807, 2.05) is 19.1 Å². The summed E-state index contributed by atoms with van der Waals surface area (Å²) in [6, 6.07) is 5.52. The molecule has 0 atom stereocenters. The molecule has 1 aliphatic rings. The number of alkyl halides is 1. The summed E-state index contributed by atoms with van der Waals surface area (Å²) in [7, 11) is 0. The van der Waals surface area contributed by atoms with Gasteiger partial charge in [-0.2, -0.15) is 0 Å². The van der Waals surface area contributed by atoms with Crippen LogP contribution in [-0.2, 0) is 0 Å². The number of aryl methyl sites for hydroxylation is 1. The highest BCUT2D eigenvalue weighted by Crippen LogP contribution is 2.48. The van der Waals surface area contributed by atoms with E-state index >= 15 is 0 Å². The number of hydrogen-bond donors (Lipinski definition) is 1. The highest BCUT2D eigenvalue weighted by atomic mass is 79.9. The quantitative estimate of drug-likeness (QED) is 0.814. The van der Waals surface area contributed by atoms with E-state index in [0.29, 0.717) is 16.0 Å². The standard InChI is InChI=1S/C14H17BrClNO/c1-10-2-3-11(12(16)8-10)13(18)17-9-14(4-5-14)6-7-15/h2-3,8H,4-7,9H2,1H3,(H,17,18). The Bertz CT molecular complexity index is 457. The van der Waals surface area contributed by atoms with Crippen LogP contribution in [0.3, 0.4) is 0 Å². The van der Waals surface area contributed by atoms with E-state index in [-0.39, 0.29) is 5.91 Å². The molecule has 0 unspecified atom stereocenters. The smallest absolute Gasteiger partial charge is 0.252 e. The van der Waals surface area contributed by atoms with Gasteiger partial charge < -0.3 is 5.32 Å². The minimum atomic E-state index is -0.0687. The molecule has 18 heavy (non-hydrogen) atoms. The summed E-state index contributed by atoms with van der Waals surface area (Å²) < 4.78 is 0. The summed E-state index contributed by atoms with van der Waals surface area (Å²) in [5.41, 5.74) is 1.96. The number of hydrogen-bond acceptors (Lipinski definition) is 1. The molecule has 0 saturated heterocycles. The fourth-order valence-electron chi connectivity index (χ4n) is 2.06. The molecular formula is C14H17BrClNO. The van der Waals surface area contributed by atoms with E-state index in [1.54, 1.807) is 6.07 Å². The Hall–Kier alpha value is -0.540. The van der Waals surface area contributed by atoms with Gasteiger partial charge in [0.15, 0.2) is 0 Å². The van der Waals surface area contributed by atoms with Gasteiger partial charge in [-0.15, -0.1) is 0 Å². The van der Waals surface area contributed by atoms with E-state index < -0.39 is 0 Å². The molecule has 98 valence electrons. The maximum Gasteiger partial charge on any atom is 0.252 e. The lowest BCUT2D eigenvalue weighted by molar-refractivity contribution is 0.0944. The Morgan fingerprint density at radius 1 is 1.50 bits per heavy atom. The van der Waals surface area contributed by atoms with Crippen LogP contribution in [-0.4, -0.2) is 17.8 Å². The fraction of sp³-hybridized carbons (Fsp3) is 0.500. The molecule has 1 fully saturated rings. The third-order valence-electron chi connectivity index (χ3n) is 3.58. The number of amides is 1. The first-order valence-electron chi connectivity index (χ1n) is 6.17. The van der Waals surface area contributed by atoms with Crippen molar-refractivity contribution in [2.24, 2.45) is 5.41 Å². The fourth-order valence-corrected chi connectivity index (χ4v) is 3.22. The molecule has 4 heteroatoms. The molecular weight excluding hydrogens is 314 g/mol. The largest absolute Gasteiger partial charge is 0.351 e. The summed E-state index contributed by atoms with van der Waals surface area (Å²) in [4.78, 5) is 12.0. The number of carbonyl (C=O) groups excluding carboxylic acids is 1. The Labute approximate surface area is 121 Å². The Morgan fingerprint density at radius 2 is 2.22 bits per heavy atom. The third-order valence-corrected chi connectivity index (χ3v) is 4.28. The van der Waals surface area contributed by atoms with E-state index in [2.05, 4.69) is 21.2 Å². The molecule has 2 rings (SSSR count). The Balaban J connectivity index is 1.96. The maximum atomic E-state index is 12.0. The molecule has 0 heterocycles. The summed E-state index contributed by atoms with van der Waals surface area (Å²) in [5.74, 6) is -0.0687. The van der Waals surface area contributed by atoms with Crippen molar-refractivity contribution in [3.05, 3.63) is 34.3 Å². The minimum Gasteiger partial charge on any atom is -0.351 e. The Kier molecular flexibility index (Phi) is 4.33. The minimum absolute atomic E-state index is 0.0687. The van der Waals surface area contributed by atoms with Crippen LogP contribution < -0.4 is 5.32 Å². The predicted molar refractivity (Wildman–Crippen MR) is 78.6 cm³/mol. The number of carbonyl (C=O) groups is 1. The van der Waals surface area contributed by atoms with Gasteiger partial charge in [0.2, 0.25) is 0 Å². The zero-order valence-corrected chi connectivity index (χ0v) is 12.8. The molecule has 0 aliphatic heterocycles. The summed E-state index contributed by atoms with van der Waals surface area (Å²) in [6.07, 6.45) is 3.54. The van der Waals surface area contributed by atoms with Crippen molar-refractivity contribution >= 4 is 33.4 Å². The van der Waals surface area contributed by atoms with Crippen molar-refractivity contribution < 1.29 is 4.79 Å². The molecule has 0 bridgehead atoms. The lowest BCUT2D eigenvalue weighted by Crippen LogP contribution is -2.30. The summed E-state index contributed by atoms with van der Waals surface area (Å²) >= 11 is 9.55. The molecule has 1 aliphatic carbocycles. The number of nitrogens with one attached hydrogen (secondary N) is 1. The lowest BCUT2D eigenvalue weighted by atomic mass is 10.0. The number of benzene rings is 1. The predicted octanol–water partition coefficient (Wildman–Crippen LogP) is 3.94. The van der Waals surface area contributed by atoms with Crippen LogP contribution in [0.5, 0.6) is 0 Å². The molecule has 1 amide bonds. The monoisotopic (exact) mass is 329 g/mol. The third kappa shape index (κ3) is 3.27. The summed E-state index contributed by atoms with van der Waals surface area (Å²) in [5, 5.41) is 4.52. The van der Waals surface area contributed by atoms with Crippen LogP contribution in [0.25, 0.3) is 0 Å². The molecule has 1 N–H and O–H groups in total. The van der Waals surface area contributed by atoms with Gasteiger partial charge in [-0.1, -0.05) is 33.6 Å². The van der Waals surface area contributed by atoms with Crippen LogP contribution >= 0.6 is 27.5 Å². The van der Waals surface area contributed by atoms with Crippen molar-refractivity contribution in [1.82, 2.24) is 5.32 Å². The highest BCUT2D eigenvalue weighted by molar-refractivity contribution is 9.09. The zero-order valence-electron chi connectivity index (χ0n) is 10.4. The average Bonchev–Trinajstić information content (AvgIpc) is 3.07. The second kappa shape index (κ2) is 5.62. The van der Waals surface area contributed by atoms with Gasteiger partial charge in [-0.25, -0.2) is 0 Å². The number of rotatable bonds is 5. The van der Waals surface area contributed by atoms with Crippen molar-refractivity contribution in [1.29, 1.82) is 0 Å². The van der Waals surface area contributed by atoms with Crippen LogP contribution in [0, 0.1) is 12.3 Å². The van der Waals surface area contributed by atoms with Crippen LogP contribution in [0.4, 0.5) is 0 Å². The first kappa shape index (κ1) is 13.9.